The fourth-order valence-electron chi connectivity index (χ4n) is 2.40. The van der Waals surface area contributed by atoms with Crippen LogP contribution in [-0.2, 0) is 13.6 Å². The summed E-state index contributed by atoms with van der Waals surface area (Å²) in [7, 11) is 1.98. The Labute approximate surface area is 112 Å². The number of hydrogen-bond acceptors (Lipinski definition) is 4. The van der Waals surface area contributed by atoms with E-state index in [2.05, 4.69) is 4.98 Å². The van der Waals surface area contributed by atoms with Gasteiger partial charge in [0.2, 0.25) is 6.79 Å². The number of hydrogen-bond donors (Lipinski definition) is 1. The van der Waals surface area contributed by atoms with Crippen LogP contribution < -0.4 is 15.2 Å². The van der Waals surface area contributed by atoms with Gasteiger partial charge in [-0.1, -0.05) is 0 Å². The van der Waals surface area contributed by atoms with E-state index in [1.807, 2.05) is 37.6 Å². The summed E-state index contributed by atoms with van der Waals surface area (Å²) < 4.78 is 12.8. The lowest BCUT2D eigenvalue weighted by molar-refractivity contribution is 0.174. The predicted molar refractivity (Wildman–Crippen MR) is 72.1 cm³/mol. The molecule has 1 aliphatic rings. The second-order valence-corrected chi connectivity index (χ2v) is 4.74. The molecule has 0 bridgehead atoms. The number of aromatic nitrogens is 2. The van der Waals surface area contributed by atoms with Crippen LogP contribution in [0.1, 0.15) is 17.1 Å². The summed E-state index contributed by atoms with van der Waals surface area (Å²) in [5.41, 5.74) is 9.96. The highest BCUT2D eigenvalue weighted by molar-refractivity contribution is 5.70. The largest absolute Gasteiger partial charge is 0.454 e. The molecular formula is C14H17N3O2. The maximum atomic E-state index is 5.85. The third-order valence-corrected chi connectivity index (χ3v) is 3.61. The molecule has 0 saturated carbocycles. The smallest absolute Gasteiger partial charge is 0.231 e. The van der Waals surface area contributed by atoms with E-state index in [4.69, 9.17) is 15.2 Å². The molecule has 0 atom stereocenters. The van der Waals surface area contributed by atoms with E-state index in [0.29, 0.717) is 6.54 Å². The van der Waals surface area contributed by atoms with Crippen molar-refractivity contribution in [3.05, 3.63) is 29.2 Å². The van der Waals surface area contributed by atoms with Crippen LogP contribution in [-0.4, -0.2) is 16.3 Å². The number of fused-ring (bicyclic) bond motifs is 1. The Morgan fingerprint density at radius 3 is 2.63 bits per heavy atom. The molecule has 5 heteroatoms. The minimum absolute atomic E-state index is 0.281. The van der Waals surface area contributed by atoms with Gasteiger partial charge in [-0.2, -0.15) is 0 Å². The van der Waals surface area contributed by atoms with Gasteiger partial charge in [0.15, 0.2) is 11.5 Å². The number of rotatable bonds is 2. The van der Waals surface area contributed by atoms with Gasteiger partial charge >= 0.3 is 0 Å². The Morgan fingerprint density at radius 2 is 1.95 bits per heavy atom. The molecule has 1 aliphatic heterocycles. The van der Waals surface area contributed by atoms with Gasteiger partial charge in [0.1, 0.15) is 5.82 Å². The maximum Gasteiger partial charge on any atom is 0.231 e. The van der Waals surface area contributed by atoms with Gasteiger partial charge in [-0.25, -0.2) is 4.98 Å². The zero-order chi connectivity index (χ0) is 13.6. The van der Waals surface area contributed by atoms with Crippen molar-refractivity contribution in [1.29, 1.82) is 0 Å². The molecule has 2 N–H and O–H groups in total. The average Bonchev–Trinajstić information content (AvgIpc) is 2.94. The molecule has 0 saturated heterocycles. The van der Waals surface area contributed by atoms with Crippen molar-refractivity contribution in [1.82, 2.24) is 9.55 Å². The minimum atomic E-state index is 0.281. The number of imidazole rings is 1. The Hall–Kier alpha value is -2.01. The van der Waals surface area contributed by atoms with Gasteiger partial charge in [-0.05, 0) is 31.5 Å². The van der Waals surface area contributed by atoms with E-state index < -0.39 is 0 Å². The van der Waals surface area contributed by atoms with E-state index >= 15 is 0 Å². The van der Waals surface area contributed by atoms with Crippen LogP contribution in [0.15, 0.2) is 12.1 Å². The lowest BCUT2D eigenvalue weighted by atomic mass is 10.0. The summed E-state index contributed by atoms with van der Waals surface area (Å²) in [5, 5.41) is 0. The topological polar surface area (TPSA) is 62.3 Å². The Morgan fingerprint density at radius 1 is 1.26 bits per heavy atom. The van der Waals surface area contributed by atoms with Crippen molar-refractivity contribution in [3.8, 4) is 22.8 Å². The number of ether oxygens (including phenoxy) is 2. The number of aryl methyl sites for hydroxylation is 2. The molecule has 0 unspecified atom stereocenters. The van der Waals surface area contributed by atoms with E-state index in [-0.39, 0.29) is 6.79 Å². The lowest BCUT2D eigenvalue weighted by Crippen LogP contribution is -2.05. The Bertz CT molecular complexity index is 647. The Balaban J connectivity index is 2.20. The first-order chi connectivity index (χ1) is 9.11. The van der Waals surface area contributed by atoms with E-state index in [1.54, 1.807) is 0 Å². The molecule has 3 rings (SSSR count). The summed E-state index contributed by atoms with van der Waals surface area (Å²) in [5.74, 6) is 2.52. The number of nitrogens with two attached hydrogens (primary N) is 1. The van der Waals surface area contributed by atoms with Gasteiger partial charge in [0.25, 0.3) is 0 Å². The molecular weight excluding hydrogens is 242 g/mol. The second kappa shape index (κ2) is 4.28. The quantitative estimate of drug-likeness (QED) is 0.894. The molecule has 0 spiro atoms. The molecule has 2 aromatic rings. The zero-order valence-electron chi connectivity index (χ0n) is 11.4. The third kappa shape index (κ3) is 1.77. The Kier molecular flexibility index (Phi) is 2.71. The molecule has 1 aromatic heterocycles. The third-order valence-electron chi connectivity index (χ3n) is 3.61. The standard InChI is InChI=1S/C14H17N3O2/c1-8-4-12-13(19-7-18-12)5-10(8)14-11(6-15)17(3)9(2)16-14/h4-5H,6-7,15H2,1-3H3. The van der Waals surface area contributed by atoms with Gasteiger partial charge < -0.3 is 19.8 Å². The number of benzene rings is 1. The van der Waals surface area contributed by atoms with Gasteiger partial charge in [0, 0.05) is 19.2 Å². The predicted octanol–water partition coefficient (Wildman–Crippen LogP) is 1.89. The summed E-state index contributed by atoms with van der Waals surface area (Å²) in [6, 6.07) is 3.97. The molecule has 1 aromatic carbocycles. The van der Waals surface area contributed by atoms with Gasteiger partial charge in [0.05, 0.1) is 11.4 Å². The van der Waals surface area contributed by atoms with E-state index in [9.17, 15) is 0 Å². The van der Waals surface area contributed by atoms with Crippen LogP contribution in [0.4, 0.5) is 0 Å². The first-order valence-electron chi connectivity index (χ1n) is 6.24. The lowest BCUT2D eigenvalue weighted by Gasteiger charge is -2.08. The average molecular weight is 259 g/mol. The molecule has 0 aliphatic carbocycles. The first kappa shape index (κ1) is 12.0. The molecule has 0 fully saturated rings. The van der Waals surface area contributed by atoms with Crippen LogP contribution >= 0.6 is 0 Å². The minimum Gasteiger partial charge on any atom is -0.454 e. The van der Waals surface area contributed by atoms with Crippen molar-refractivity contribution >= 4 is 0 Å². The summed E-state index contributed by atoms with van der Waals surface area (Å²) in [6.45, 7) is 4.76. The van der Waals surface area contributed by atoms with Crippen molar-refractivity contribution in [2.45, 2.75) is 20.4 Å². The monoisotopic (exact) mass is 259 g/mol. The van der Waals surface area contributed by atoms with Crippen LogP contribution in [0.2, 0.25) is 0 Å². The van der Waals surface area contributed by atoms with Crippen molar-refractivity contribution < 1.29 is 9.47 Å². The first-order valence-corrected chi connectivity index (χ1v) is 6.24. The molecule has 0 radical (unpaired) electrons. The fourth-order valence-corrected chi connectivity index (χ4v) is 2.40. The van der Waals surface area contributed by atoms with Crippen molar-refractivity contribution in [2.24, 2.45) is 12.8 Å². The highest BCUT2D eigenvalue weighted by Gasteiger charge is 2.20. The highest BCUT2D eigenvalue weighted by atomic mass is 16.7. The highest BCUT2D eigenvalue weighted by Crippen LogP contribution is 2.39. The van der Waals surface area contributed by atoms with Crippen molar-refractivity contribution in [3.63, 3.8) is 0 Å². The van der Waals surface area contributed by atoms with Crippen LogP contribution in [0.25, 0.3) is 11.3 Å². The summed E-state index contributed by atoms with van der Waals surface area (Å²) in [4.78, 5) is 4.62. The molecule has 2 heterocycles. The maximum absolute atomic E-state index is 5.85. The summed E-state index contributed by atoms with van der Waals surface area (Å²) in [6.07, 6.45) is 0. The molecule has 5 nitrogen and oxygen atoms in total. The normalized spacial score (nSPS) is 13.1. The SMILES string of the molecule is Cc1cc2c(cc1-c1nc(C)n(C)c1CN)OCO2. The van der Waals surface area contributed by atoms with Crippen LogP contribution in [0, 0.1) is 13.8 Å². The molecule has 19 heavy (non-hydrogen) atoms. The van der Waals surface area contributed by atoms with E-state index in [0.717, 1.165) is 39.8 Å². The van der Waals surface area contributed by atoms with Crippen LogP contribution in [0.5, 0.6) is 11.5 Å². The molecule has 100 valence electrons. The van der Waals surface area contributed by atoms with Crippen LogP contribution in [0.3, 0.4) is 0 Å². The molecule has 0 amide bonds. The zero-order valence-corrected chi connectivity index (χ0v) is 11.4. The second-order valence-electron chi connectivity index (χ2n) is 4.74. The number of nitrogens with zero attached hydrogens (tertiary/aromatic N) is 2. The fraction of sp³-hybridized carbons (Fsp3) is 0.357. The van der Waals surface area contributed by atoms with E-state index in [1.165, 1.54) is 0 Å². The van der Waals surface area contributed by atoms with Gasteiger partial charge in [-0.15, -0.1) is 0 Å². The van der Waals surface area contributed by atoms with Crippen molar-refractivity contribution in [2.75, 3.05) is 6.79 Å². The van der Waals surface area contributed by atoms with Gasteiger partial charge in [-0.3, -0.25) is 0 Å². The summed E-state index contributed by atoms with van der Waals surface area (Å²) >= 11 is 0.